The standard InChI is InChI=1S/C8H11N3OS2/c1-4(6(9)12)13-8-11-10-7(14-8)5-2-3-5/h4-5H,2-3H2,1H3,(H2,9,12)/t4-/m1/s1. The van der Waals surface area contributed by atoms with Crippen LogP contribution in [0.25, 0.3) is 0 Å². The summed E-state index contributed by atoms with van der Waals surface area (Å²) in [6.07, 6.45) is 2.45. The first-order valence-electron chi connectivity index (χ1n) is 4.46. The van der Waals surface area contributed by atoms with Crippen molar-refractivity contribution >= 4 is 29.0 Å². The van der Waals surface area contributed by atoms with Gasteiger partial charge < -0.3 is 5.73 Å². The Balaban J connectivity index is 1.98. The summed E-state index contributed by atoms with van der Waals surface area (Å²) < 4.78 is 0.846. The van der Waals surface area contributed by atoms with Crippen molar-refractivity contribution in [2.75, 3.05) is 0 Å². The van der Waals surface area contributed by atoms with E-state index in [9.17, 15) is 4.79 Å². The number of thioether (sulfide) groups is 1. The molecule has 1 aromatic rings. The average Bonchev–Trinajstić information content (AvgIpc) is 2.88. The van der Waals surface area contributed by atoms with Crippen molar-refractivity contribution in [3.63, 3.8) is 0 Å². The zero-order valence-electron chi connectivity index (χ0n) is 7.77. The van der Waals surface area contributed by atoms with Crippen molar-refractivity contribution in [2.24, 2.45) is 5.73 Å². The first-order valence-corrected chi connectivity index (χ1v) is 6.16. The van der Waals surface area contributed by atoms with Crippen LogP contribution in [-0.2, 0) is 4.79 Å². The van der Waals surface area contributed by atoms with E-state index in [2.05, 4.69) is 10.2 Å². The first kappa shape index (κ1) is 9.92. The normalized spacial score (nSPS) is 18.1. The molecule has 0 spiro atoms. The molecule has 2 N–H and O–H groups in total. The lowest BCUT2D eigenvalue weighted by Crippen LogP contribution is -2.22. The predicted molar refractivity (Wildman–Crippen MR) is 56.4 cm³/mol. The van der Waals surface area contributed by atoms with Crippen molar-refractivity contribution in [1.29, 1.82) is 0 Å². The Labute approximate surface area is 90.3 Å². The number of aromatic nitrogens is 2. The molecule has 1 heterocycles. The Kier molecular flexibility index (Phi) is 2.73. The zero-order valence-corrected chi connectivity index (χ0v) is 9.40. The van der Waals surface area contributed by atoms with Gasteiger partial charge in [0.2, 0.25) is 5.91 Å². The van der Waals surface area contributed by atoms with Gasteiger partial charge in [-0.1, -0.05) is 23.1 Å². The molecule has 1 saturated carbocycles. The first-order chi connectivity index (χ1) is 6.66. The number of carbonyl (C=O) groups is 1. The van der Waals surface area contributed by atoms with Crippen LogP contribution in [0.15, 0.2) is 4.34 Å². The van der Waals surface area contributed by atoms with Crippen LogP contribution in [0.1, 0.15) is 30.7 Å². The number of nitrogens with two attached hydrogens (primary N) is 1. The van der Waals surface area contributed by atoms with Gasteiger partial charge in [-0.3, -0.25) is 4.79 Å². The Morgan fingerprint density at radius 3 is 2.93 bits per heavy atom. The molecule has 0 bridgehead atoms. The minimum atomic E-state index is -0.307. The Morgan fingerprint density at radius 1 is 1.64 bits per heavy atom. The second-order valence-electron chi connectivity index (χ2n) is 3.34. The van der Waals surface area contributed by atoms with E-state index in [1.54, 1.807) is 18.3 Å². The maximum atomic E-state index is 10.8. The third-order valence-corrected chi connectivity index (χ3v) is 4.32. The van der Waals surface area contributed by atoms with E-state index in [1.165, 1.54) is 24.6 Å². The highest BCUT2D eigenvalue weighted by Gasteiger charge is 2.28. The Morgan fingerprint density at radius 2 is 2.36 bits per heavy atom. The second-order valence-corrected chi connectivity index (χ2v) is 5.94. The average molecular weight is 229 g/mol. The summed E-state index contributed by atoms with van der Waals surface area (Å²) in [6, 6.07) is 0. The highest BCUT2D eigenvalue weighted by Crippen LogP contribution is 2.42. The number of carbonyl (C=O) groups excluding carboxylic acids is 1. The van der Waals surface area contributed by atoms with Crippen molar-refractivity contribution in [1.82, 2.24) is 10.2 Å². The van der Waals surface area contributed by atoms with Crippen LogP contribution in [-0.4, -0.2) is 21.4 Å². The third-order valence-electron chi connectivity index (χ3n) is 2.03. The molecule has 2 rings (SSSR count). The SMILES string of the molecule is C[C@@H](Sc1nnc(C2CC2)s1)C(N)=O. The maximum Gasteiger partial charge on any atom is 0.230 e. The lowest BCUT2D eigenvalue weighted by Gasteiger charge is -2.01. The Hall–Kier alpha value is -0.620. The van der Waals surface area contributed by atoms with E-state index < -0.39 is 0 Å². The Bertz CT molecular complexity index is 348. The van der Waals surface area contributed by atoms with Crippen LogP contribution < -0.4 is 5.73 Å². The van der Waals surface area contributed by atoms with Gasteiger partial charge in [0.05, 0.1) is 5.25 Å². The molecule has 0 saturated heterocycles. The number of primary amides is 1. The summed E-state index contributed by atoms with van der Waals surface area (Å²) in [6.45, 7) is 1.78. The van der Waals surface area contributed by atoms with Crippen LogP contribution in [0.5, 0.6) is 0 Å². The fourth-order valence-electron chi connectivity index (χ4n) is 0.973. The molecule has 0 unspecified atom stereocenters. The second kappa shape index (κ2) is 3.86. The molecule has 1 atom stereocenters. The molecule has 0 aliphatic heterocycles. The maximum absolute atomic E-state index is 10.8. The van der Waals surface area contributed by atoms with E-state index in [0.29, 0.717) is 5.92 Å². The van der Waals surface area contributed by atoms with E-state index in [-0.39, 0.29) is 11.2 Å². The molecule has 76 valence electrons. The number of rotatable bonds is 4. The number of nitrogens with zero attached hydrogens (tertiary/aromatic N) is 2. The van der Waals surface area contributed by atoms with Crippen molar-refractivity contribution < 1.29 is 4.79 Å². The lowest BCUT2D eigenvalue weighted by atomic mass is 10.5. The van der Waals surface area contributed by atoms with Crippen LogP contribution in [0.3, 0.4) is 0 Å². The quantitative estimate of drug-likeness (QED) is 0.792. The predicted octanol–water partition coefficient (Wildman–Crippen LogP) is 1.38. The molecule has 1 fully saturated rings. The molecule has 4 nitrogen and oxygen atoms in total. The van der Waals surface area contributed by atoms with Crippen LogP contribution in [0, 0.1) is 0 Å². The summed E-state index contributed by atoms with van der Waals surface area (Å²) in [7, 11) is 0. The number of hydrogen-bond acceptors (Lipinski definition) is 5. The van der Waals surface area contributed by atoms with Crippen molar-refractivity contribution in [3.8, 4) is 0 Å². The smallest absolute Gasteiger partial charge is 0.230 e. The molecule has 0 radical (unpaired) electrons. The van der Waals surface area contributed by atoms with Gasteiger partial charge in [-0.05, 0) is 19.8 Å². The topological polar surface area (TPSA) is 68.9 Å². The van der Waals surface area contributed by atoms with E-state index >= 15 is 0 Å². The molecule has 14 heavy (non-hydrogen) atoms. The molecule has 1 aliphatic rings. The van der Waals surface area contributed by atoms with E-state index in [0.717, 1.165) is 9.35 Å². The van der Waals surface area contributed by atoms with Gasteiger partial charge in [-0.25, -0.2) is 0 Å². The fourth-order valence-corrected chi connectivity index (χ4v) is 3.11. The number of amides is 1. The summed E-state index contributed by atoms with van der Waals surface area (Å²) in [4.78, 5) is 10.8. The third kappa shape index (κ3) is 2.24. The number of hydrogen-bond donors (Lipinski definition) is 1. The summed E-state index contributed by atoms with van der Waals surface area (Å²) >= 11 is 2.97. The molecular weight excluding hydrogens is 218 g/mol. The zero-order chi connectivity index (χ0) is 10.1. The van der Waals surface area contributed by atoms with Gasteiger partial charge in [-0.2, -0.15) is 0 Å². The molecule has 1 aromatic heterocycles. The minimum Gasteiger partial charge on any atom is -0.369 e. The van der Waals surface area contributed by atoms with Gasteiger partial charge in [0.15, 0.2) is 4.34 Å². The lowest BCUT2D eigenvalue weighted by molar-refractivity contribution is -0.117. The molecule has 1 amide bonds. The van der Waals surface area contributed by atoms with Gasteiger partial charge in [0.1, 0.15) is 5.01 Å². The van der Waals surface area contributed by atoms with E-state index in [1.807, 2.05) is 0 Å². The van der Waals surface area contributed by atoms with Crippen LogP contribution in [0.2, 0.25) is 0 Å². The van der Waals surface area contributed by atoms with Gasteiger partial charge in [0, 0.05) is 5.92 Å². The molecule has 6 heteroatoms. The highest BCUT2D eigenvalue weighted by atomic mass is 32.2. The monoisotopic (exact) mass is 229 g/mol. The largest absolute Gasteiger partial charge is 0.369 e. The molecule has 1 aliphatic carbocycles. The van der Waals surface area contributed by atoms with Crippen LogP contribution in [0.4, 0.5) is 0 Å². The van der Waals surface area contributed by atoms with Gasteiger partial charge >= 0.3 is 0 Å². The molecular formula is C8H11N3OS2. The van der Waals surface area contributed by atoms with E-state index in [4.69, 9.17) is 5.73 Å². The summed E-state index contributed by atoms with van der Waals surface area (Å²) in [5.41, 5.74) is 5.16. The summed E-state index contributed by atoms with van der Waals surface area (Å²) in [5, 5.41) is 8.98. The van der Waals surface area contributed by atoms with Crippen LogP contribution >= 0.6 is 23.1 Å². The van der Waals surface area contributed by atoms with Crippen molar-refractivity contribution in [2.45, 2.75) is 35.3 Å². The molecule has 0 aromatic carbocycles. The summed E-state index contributed by atoms with van der Waals surface area (Å²) in [5.74, 6) is 0.323. The highest BCUT2D eigenvalue weighted by molar-refractivity contribution is 8.02. The fraction of sp³-hybridized carbons (Fsp3) is 0.625. The van der Waals surface area contributed by atoms with Crippen molar-refractivity contribution in [3.05, 3.63) is 5.01 Å². The van der Waals surface area contributed by atoms with Gasteiger partial charge in [0.25, 0.3) is 0 Å². The van der Waals surface area contributed by atoms with Gasteiger partial charge in [-0.15, -0.1) is 10.2 Å². The minimum absolute atomic E-state index is 0.227.